The van der Waals surface area contributed by atoms with Gasteiger partial charge < -0.3 is 14.5 Å². The summed E-state index contributed by atoms with van der Waals surface area (Å²) in [4.78, 5) is 12.4. The summed E-state index contributed by atoms with van der Waals surface area (Å²) in [5.41, 5.74) is 1.31. The Morgan fingerprint density at radius 1 is 1.15 bits per heavy atom. The number of nitrogens with one attached hydrogen (secondary N) is 1. The second kappa shape index (κ2) is 8.39. The number of furan rings is 1. The first kappa shape index (κ1) is 18.5. The van der Waals surface area contributed by atoms with E-state index >= 15 is 0 Å². The summed E-state index contributed by atoms with van der Waals surface area (Å²) in [5, 5.41) is 12.0. The lowest BCUT2D eigenvalue weighted by molar-refractivity contribution is -0.112. The number of hydrogen-bond donors (Lipinski definition) is 1. The topological polar surface area (TPSA) is 75.3 Å². The summed E-state index contributed by atoms with van der Waals surface area (Å²) >= 11 is 3.39. The molecule has 0 spiro atoms. The van der Waals surface area contributed by atoms with E-state index in [9.17, 15) is 10.1 Å². The zero-order chi connectivity index (χ0) is 19.2. The Hall–Kier alpha value is -3.30. The summed E-state index contributed by atoms with van der Waals surface area (Å²) in [6, 6.07) is 20.0. The molecule has 0 fully saturated rings. The number of halogens is 1. The minimum absolute atomic E-state index is 0.0717. The molecule has 3 rings (SSSR count). The van der Waals surface area contributed by atoms with Crippen molar-refractivity contribution in [3.8, 4) is 23.1 Å². The van der Waals surface area contributed by atoms with E-state index in [1.807, 2.05) is 30.3 Å². The monoisotopic (exact) mass is 422 g/mol. The number of nitriles is 1. The highest BCUT2D eigenvalue weighted by Gasteiger charge is 2.13. The second-order valence-electron chi connectivity index (χ2n) is 5.53. The molecule has 0 aliphatic heterocycles. The van der Waals surface area contributed by atoms with Crippen molar-refractivity contribution in [2.75, 3.05) is 12.4 Å². The van der Waals surface area contributed by atoms with Crippen LogP contribution in [0.25, 0.3) is 17.4 Å². The molecule has 0 saturated carbocycles. The zero-order valence-corrected chi connectivity index (χ0v) is 16.0. The van der Waals surface area contributed by atoms with Gasteiger partial charge in [0.1, 0.15) is 28.9 Å². The number of carbonyl (C=O) groups excluding carboxylic acids is 1. The molecule has 0 aliphatic rings. The number of nitrogens with zero attached hydrogens (tertiary/aromatic N) is 1. The molecule has 1 N–H and O–H groups in total. The van der Waals surface area contributed by atoms with Crippen LogP contribution in [0.3, 0.4) is 0 Å². The van der Waals surface area contributed by atoms with Gasteiger partial charge >= 0.3 is 0 Å². The van der Waals surface area contributed by atoms with Gasteiger partial charge in [-0.25, -0.2) is 0 Å². The molecule has 0 saturated heterocycles. The maximum absolute atomic E-state index is 12.4. The highest BCUT2D eigenvalue weighted by Crippen LogP contribution is 2.26. The molecule has 6 heteroatoms. The SMILES string of the molecule is COc1ccccc1NC(=O)/C(C#N)=C/c1ccc(-c2ccc(Br)cc2)o1. The normalized spacial score (nSPS) is 10.9. The number of amides is 1. The second-order valence-corrected chi connectivity index (χ2v) is 6.45. The van der Waals surface area contributed by atoms with E-state index in [0.717, 1.165) is 10.0 Å². The van der Waals surface area contributed by atoms with Gasteiger partial charge in [0.2, 0.25) is 0 Å². The number of ether oxygens (including phenoxy) is 1. The fourth-order valence-electron chi connectivity index (χ4n) is 2.43. The molecule has 27 heavy (non-hydrogen) atoms. The van der Waals surface area contributed by atoms with Crippen molar-refractivity contribution in [2.24, 2.45) is 0 Å². The number of rotatable bonds is 5. The molecule has 1 aromatic heterocycles. The molecule has 2 aromatic carbocycles. The molecular weight excluding hydrogens is 408 g/mol. The number of benzene rings is 2. The molecule has 5 nitrogen and oxygen atoms in total. The van der Waals surface area contributed by atoms with E-state index in [0.29, 0.717) is 23.0 Å². The molecule has 0 radical (unpaired) electrons. The van der Waals surface area contributed by atoms with Crippen LogP contribution in [-0.4, -0.2) is 13.0 Å². The van der Waals surface area contributed by atoms with Crippen LogP contribution in [0, 0.1) is 11.3 Å². The van der Waals surface area contributed by atoms with Crippen LogP contribution in [-0.2, 0) is 4.79 Å². The lowest BCUT2D eigenvalue weighted by Crippen LogP contribution is -2.14. The van der Waals surface area contributed by atoms with Crippen LogP contribution in [0.15, 0.2) is 75.1 Å². The molecule has 0 atom stereocenters. The number of anilines is 1. The van der Waals surface area contributed by atoms with Crippen LogP contribution in [0.2, 0.25) is 0 Å². The fourth-order valence-corrected chi connectivity index (χ4v) is 2.69. The average Bonchev–Trinajstić information content (AvgIpc) is 3.15. The third-order valence-corrected chi connectivity index (χ3v) is 4.29. The first-order valence-corrected chi connectivity index (χ1v) is 8.82. The minimum atomic E-state index is -0.538. The number of carbonyl (C=O) groups is 1. The number of methoxy groups -OCH3 is 1. The average molecular weight is 423 g/mol. The fraction of sp³-hybridized carbons (Fsp3) is 0.0476. The van der Waals surface area contributed by atoms with Gasteiger partial charge in [-0.1, -0.05) is 40.2 Å². The first-order chi connectivity index (χ1) is 13.1. The van der Waals surface area contributed by atoms with Gasteiger partial charge in [0, 0.05) is 16.1 Å². The predicted molar refractivity (Wildman–Crippen MR) is 107 cm³/mol. The van der Waals surface area contributed by atoms with Gasteiger partial charge in [-0.3, -0.25) is 4.79 Å². The Morgan fingerprint density at radius 3 is 2.59 bits per heavy atom. The molecule has 3 aromatic rings. The van der Waals surface area contributed by atoms with Crippen molar-refractivity contribution in [1.82, 2.24) is 0 Å². The lowest BCUT2D eigenvalue weighted by Gasteiger charge is -2.08. The van der Waals surface area contributed by atoms with Gasteiger partial charge in [-0.15, -0.1) is 0 Å². The standard InChI is InChI=1S/C21H15BrN2O3/c1-26-20-5-3-2-4-18(20)24-21(25)15(13-23)12-17-10-11-19(27-17)14-6-8-16(22)9-7-14/h2-12H,1H3,(H,24,25)/b15-12+. The quantitative estimate of drug-likeness (QED) is 0.449. The predicted octanol–water partition coefficient (Wildman–Crippen LogP) is 5.26. The largest absolute Gasteiger partial charge is 0.495 e. The number of para-hydroxylation sites is 2. The van der Waals surface area contributed by atoms with E-state index in [1.54, 1.807) is 36.4 Å². The van der Waals surface area contributed by atoms with Gasteiger partial charge in [0.05, 0.1) is 12.8 Å². The molecule has 1 heterocycles. The van der Waals surface area contributed by atoms with Gasteiger partial charge in [-0.2, -0.15) is 5.26 Å². The Labute approximate surface area is 165 Å². The maximum Gasteiger partial charge on any atom is 0.266 e. The van der Waals surface area contributed by atoms with E-state index < -0.39 is 5.91 Å². The van der Waals surface area contributed by atoms with E-state index in [-0.39, 0.29) is 5.57 Å². The molecule has 0 aliphatic carbocycles. The Balaban J connectivity index is 1.81. The number of hydrogen-bond acceptors (Lipinski definition) is 4. The van der Waals surface area contributed by atoms with Crippen molar-refractivity contribution in [3.63, 3.8) is 0 Å². The summed E-state index contributed by atoms with van der Waals surface area (Å²) in [5.74, 6) is 1.04. The van der Waals surface area contributed by atoms with E-state index in [4.69, 9.17) is 9.15 Å². The van der Waals surface area contributed by atoms with Crippen molar-refractivity contribution >= 4 is 33.6 Å². The van der Waals surface area contributed by atoms with Gasteiger partial charge in [0.25, 0.3) is 5.91 Å². The minimum Gasteiger partial charge on any atom is -0.495 e. The smallest absolute Gasteiger partial charge is 0.266 e. The van der Waals surface area contributed by atoms with Crippen molar-refractivity contribution < 1.29 is 13.9 Å². The van der Waals surface area contributed by atoms with Gasteiger partial charge in [0.15, 0.2) is 0 Å². The molecule has 1 amide bonds. The third-order valence-electron chi connectivity index (χ3n) is 3.76. The van der Waals surface area contributed by atoms with Crippen LogP contribution >= 0.6 is 15.9 Å². The summed E-state index contributed by atoms with van der Waals surface area (Å²) in [6.45, 7) is 0. The summed E-state index contributed by atoms with van der Waals surface area (Å²) in [7, 11) is 1.51. The molecular formula is C21H15BrN2O3. The Kier molecular flexibility index (Phi) is 5.74. The Morgan fingerprint density at radius 2 is 1.89 bits per heavy atom. The van der Waals surface area contributed by atoms with Crippen LogP contribution in [0.4, 0.5) is 5.69 Å². The summed E-state index contributed by atoms with van der Waals surface area (Å²) in [6.07, 6.45) is 1.41. The molecule has 0 unspecified atom stereocenters. The van der Waals surface area contributed by atoms with Crippen molar-refractivity contribution in [1.29, 1.82) is 5.26 Å². The first-order valence-electron chi connectivity index (χ1n) is 8.02. The van der Waals surface area contributed by atoms with Crippen molar-refractivity contribution in [3.05, 3.63) is 76.5 Å². The lowest BCUT2D eigenvalue weighted by atomic mass is 10.2. The van der Waals surface area contributed by atoms with E-state index in [2.05, 4.69) is 21.2 Å². The molecule has 134 valence electrons. The maximum atomic E-state index is 12.4. The van der Waals surface area contributed by atoms with Crippen LogP contribution < -0.4 is 10.1 Å². The highest BCUT2D eigenvalue weighted by atomic mass is 79.9. The Bertz CT molecular complexity index is 1030. The summed E-state index contributed by atoms with van der Waals surface area (Å²) < 4.78 is 11.9. The van der Waals surface area contributed by atoms with Crippen LogP contribution in [0.1, 0.15) is 5.76 Å². The van der Waals surface area contributed by atoms with E-state index in [1.165, 1.54) is 13.2 Å². The molecule has 0 bridgehead atoms. The van der Waals surface area contributed by atoms with Crippen LogP contribution in [0.5, 0.6) is 5.75 Å². The third kappa shape index (κ3) is 4.46. The zero-order valence-electron chi connectivity index (χ0n) is 14.4. The highest BCUT2D eigenvalue weighted by molar-refractivity contribution is 9.10. The van der Waals surface area contributed by atoms with Crippen molar-refractivity contribution in [2.45, 2.75) is 0 Å². The van der Waals surface area contributed by atoms with Gasteiger partial charge in [-0.05, 0) is 36.4 Å².